The number of carbonyl (C=O) groups excluding carboxylic acids is 1. The summed E-state index contributed by atoms with van der Waals surface area (Å²) in [6.45, 7) is 5.50. The fraction of sp³-hybridized carbons (Fsp3) is 0.381. The number of amides is 1. The van der Waals surface area contributed by atoms with Gasteiger partial charge in [0.1, 0.15) is 5.75 Å². The predicted molar refractivity (Wildman–Crippen MR) is 101 cm³/mol. The zero-order valence-electron chi connectivity index (χ0n) is 15.8. The lowest BCUT2D eigenvalue weighted by Crippen LogP contribution is -2.49. The molecule has 0 saturated carbocycles. The minimum absolute atomic E-state index is 0.00773. The average molecular weight is 372 g/mol. The Labute approximate surface area is 159 Å². The number of halogens is 1. The minimum Gasteiger partial charge on any atom is -0.494 e. The molecule has 27 heavy (non-hydrogen) atoms. The third-order valence-electron chi connectivity index (χ3n) is 4.70. The Morgan fingerprint density at radius 1 is 1.11 bits per heavy atom. The first kappa shape index (κ1) is 19.2. The van der Waals surface area contributed by atoms with Gasteiger partial charge in [-0.3, -0.25) is 9.69 Å². The second-order valence-corrected chi connectivity index (χ2v) is 6.73. The zero-order valence-corrected chi connectivity index (χ0v) is 15.8. The van der Waals surface area contributed by atoms with Crippen molar-refractivity contribution in [3.63, 3.8) is 0 Å². The number of carbonyl (C=O) groups is 1. The SMILES string of the molecule is COc1ccc(CN2CCN(C(=O)COc3cccc(C)c3)CC2)cc1F. The maximum absolute atomic E-state index is 13.8. The second-order valence-electron chi connectivity index (χ2n) is 6.73. The number of methoxy groups -OCH3 is 1. The minimum atomic E-state index is -0.350. The highest BCUT2D eigenvalue weighted by atomic mass is 19.1. The number of piperazine rings is 1. The molecule has 0 N–H and O–H groups in total. The number of hydrogen-bond acceptors (Lipinski definition) is 4. The summed E-state index contributed by atoms with van der Waals surface area (Å²) in [5.74, 6) is 0.607. The van der Waals surface area contributed by atoms with Crippen molar-refractivity contribution < 1.29 is 18.7 Å². The second kappa shape index (κ2) is 8.86. The smallest absolute Gasteiger partial charge is 0.260 e. The highest BCUT2D eigenvalue weighted by Gasteiger charge is 2.21. The Balaban J connectivity index is 1.45. The molecule has 2 aromatic carbocycles. The van der Waals surface area contributed by atoms with E-state index in [0.29, 0.717) is 25.4 Å². The van der Waals surface area contributed by atoms with Crippen LogP contribution in [0.4, 0.5) is 4.39 Å². The van der Waals surface area contributed by atoms with Crippen molar-refractivity contribution in [3.05, 3.63) is 59.4 Å². The van der Waals surface area contributed by atoms with Crippen LogP contribution in [0.5, 0.6) is 11.5 Å². The molecule has 6 heteroatoms. The third-order valence-corrected chi connectivity index (χ3v) is 4.70. The molecule has 0 aromatic heterocycles. The maximum atomic E-state index is 13.8. The number of ether oxygens (including phenoxy) is 2. The van der Waals surface area contributed by atoms with Crippen molar-refractivity contribution >= 4 is 5.91 Å². The molecule has 1 saturated heterocycles. The highest BCUT2D eigenvalue weighted by molar-refractivity contribution is 5.77. The van der Waals surface area contributed by atoms with Gasteiger partial charge in [-0.2, -0.15) is 0 Å². The molecule has 1 aliphatic rings. The zero-order chi connectivity index (χ0) is 19.2. The largest absolute Gasteiger partial charge is 0.494 e. The lowest BCUT2D eigenvalue weighted by atomic mass is 10.2. The summed E-state index contributed by atoms with van der Waals surface area (Å²) in [7, 11) is 1.46. The summed E-state index contributed by atoms with van der Waals surface area (Å²) in [4.78, 5) is 16.4. The van der Waals surface area contributed by atoms with E-state index in [1.54, 1.807) is 6.07 Å². The molecule has 0 aliphatic carbocycles. The molecular formula is C21H25FN2O3. The van der Waals surface area contributed by atoms with Gasteiger partial charge >= 0.3 is 0 Å². The highest BCUT2D eigenvalue weighted by Crippen LogP contribution is 2.19. The van der Waals surface area contributed by atoms with Gasteiger partial charge in [0.05, 0.1) is 7.11 Å². The van der Waals surface area contributed by atoms with Gasteiger partial charge in [0, 0.05) is 32.7 Å². The summed E-state index contributed by atoms with van der Waals surface area (Å²) in [6, 6.07) is 12.7. The summed E-state index contributed by atoms with van der Waals surface area (Å²) < 4.78 is 24.4. The Bertz CT molecular complexity index is 789. The Morgan fingerprint density at radius 2 is 1.89 bits per heavy atom. The van der Waals surface area contributed by atoms with E-state index in [4.69, 9.17) is 9.47 Å². The molecule has 0 radical (unpaired) electrons. The van der Waals surface area contributed by atoms with Crippen molar-refractivity contribution in [1.29, 1.82) is 0 Å². The lowest BCUT2D eigenvalue weighted by Gasteiger charge is -2.34. The van der Waals surface area contributed by atoms with Gasteiger partial charge in [0.2, 0.25) is 0 Å². The summed E-state index contributed by atoms with van der Waals surface area (Å²) in [5, 5.41) is 0. The third kappa shape index (κ3) is 5.20. The topological polar surface area (TPSA) is 42.0 Å². The van der Waals surface area contributed by atoms with Gasteiger partial charge in [-0.25, -0.2) is 4.39 Å². The van der Waals surface area contributed by atoms with Crippen LogP contribution in [0.2, 0.25) is 0 Å². The molecule has 1 fully saturated rings. The number of nitrogens with zero attached hydrogens (tertiary/aromatic N) is 2. The van der Waals surface area contributed by atoms with Gasteiger partial charge in [-0.1, -0.05) is 18.2 Å². The van der Waals surface area contributed by atoms with Crippen LogP contribution < -0.4 is 9.47 Å². The van der Waals surface area contributed by atoms with Crippen LogP contribution in [0.25, 0.3) is 0 Å². The fourth-order valence-electron chi connectivity index (χ4n) is 3.16. The van der Waals surface area contributed by atoms with E-state index in [2.05, 4.69) is 4.90 Å². The van der Waals surface area contributed by atoms with Crippen LogP contribution in [-0.2, 0) is 11.3 Å². The van der Waals surface area contributed by atoms with Crippen molar-refractivity contribution in [2.45, 2.75) is 13.5 Å². The first-order valence-electron chi connectivity index (χ1n) is 9.07. The van der Waals surface area contributed by atoms with E-state index in [0.717, 1.165) is 24.2 Å². The molecule has 0 spiro atoms. The van der Waals surface area contributed by atoms with Gasteiger partial charge in [-0.15, -0.1) is 0 Å². The summed E-state index contributed by atoms with van der Waals surface area (Å²) in [5.41, 5.74) is 2.00. The van der Waals surface area contributed by atoms with Crippen LogP contribution in [0.3, 0.4) is 0 Å². The van der Waals surface area contributed by atoms with Crippen LogP contribution in [0.15, 0.2) is 42.5 Å². The maximum Gasteiger partial charge on any atom is 0.260 e. The lowest BCUT2D eigenvalue weighted by molar-refractivity contribution is -0.135. The van der Waals surface area contributed by atoms with Crippen molar-refractivity contribution in [2.24, 2.45) is 0 Å². The van der Waals surface area contributed by atoms with Gasteiger partial charge in [0.25, 0.3) is 5.91 Å². The predicted octanol–water partition coefficient (Wildman–Crippen LogP) is 2.87. The molecule has 2 aromatic rings. The Kier molecular flexibility index (Phi) is 6.29. The van der Waals surface area contributed by atoms with Gasteiger partial charge in [-0.05, 0) is 42.3 Å². The first-order valence-corrected chi connectivity index (χ1v) is 9.07. The molecule has 0 atom stereocenters. The number of hydrogen-bond donors (Lipinski definition) is 0. The quantitative estimate of drug-likeness (QED) is 0.782. The molecule has 1 heterocycles. The molecule has 144 valence electrons. The Morgan fingerprint density at radius 3 is 2.56 bits per heavy atom. The van der Waals surface area contributed by atoms with Crippen molar-refractivity contribution in [3.8, 4) is 11.5 Å². The van der Waals surface area contributed by atoms with E-state index in [1.165, 1.54) is 13.2 Å². The summed E-state index contributed by atoms with van der Waals surface area (Å²) >= 11 is 0. The van der Waals surface area contributed by atoms with E-state index < -0.39 is 0 Å². The van der Waals surface area contributed by atoms with E-state index in [1.807, 2.05) is 42.2 Å². The van der Waals surface area contributed by atoms with Crippen LogP contribution in [-0.4, -0.2) is 55.6 Å². The fourth-order valence-corrected chi connectivity index (χ4v) is 3.16. The number of rotatable bonds is 6. The Hall–Kier alpha value is -2.60. The van der Waals surface area contributed by atoms with Gasteiger partial charge in [0.15, 0.2) is 18.2 Å². The molecule has 3 rings (SSSR count). The normalized spacial score (nSPS) is 14.9. The average Bonchev–Trinajstić information content (AvgIpc) is 2.67. The van der Waals surface area contributed by atoms with Crippen LogP contribution in [0.1, 0.15) is 11.1 Å². The molecule has 5 nitrogen and oxygen atoms in total. The molecular weight excluding hydrogens is 347 g/mol. The molecule has 0 unspecified atom stereocenters. The summed E-state index contributed by atoms with van der Waals surface area (Å²) in [6.07, 6.45) is 0. The van der Waals surface area contributed by atoms with Crippen LogP contribution >= 0.6 is 0 Å². The van der Waals surface area contributed by atoms with Gasteiger partial charge < -0.3 is 14.4 Å². The van der Waals surface area contributed by atoms with Crippen molar-refractivity contribution in [1.82, 2.24) is 9.80 Å². The monoisotopic (exact) mass is 372 g/mol. The standard InChI is InChI=1S/C21H25FN2O3/c1-16-4-3-5-18(12-16)27-15-21(25)24-10-8-23(9-11-24)14-17-6-7-20(26-2)19(22)13-17/h3-7,12-13H,8-11,14-15H2,1-2H3. The van der Waals surface area contributed by atoms with Crippen LogP contribution in [0, 0.1) is 12.7 Å². The number of benzene rings is 2. The van der Waals surface area contributed by atoms with E-state index in [-0.39, 0.29) is 24.1 Å². The molecule has 0 bridgehead atoms. The number of aryl methyl sites for hydroxylation is 1. The molecule has 1 amide bonds. The van der Waals surface area contributed by atoms with E-state index >= 15 is 0 Å². The van der Waals surface area contributed by atoms with E-state index in [9.17, 15) is 9.18 Å². The molecule has 1 aliphatic heterocycles. The first-order chi connectivity index (χ1) is 13.0. The van der Waals surface area contributed by atoms with Crippen molar-refractivity contribution in [2.75, 3.05) is 39.9 Å².